The monoisotopic (exact) mass is 306 g/mol. The molecule has 2 aromatic carbocycles. The fourth-order valence-corrected chi connectivity index (χ4v) is 2.31. The van der Waals surface area contributed by atoms with Gasteiger partial charge < -0.3 is 13.9 Å². The Morgan fingerprint density at radius 3 is 2.48 bits per heavy atom. The van der Waals surface area contributed by atoms with Gasteiger partial charge in [-0.15, -0.1) is 10.2 Å². The molecule has 0 radical (unpaired) electrons. The van der Waals surface area contributed by atoms with Crippen LogP contribution in [0.25, 0.3) is 33.9 Å². The lowest BCUT2D eigenvalue weighted by atomic mass is 10.2. The van der Waals surface area contributed by atoms with Crippen LogP contribution < -0.4 is 5.63 Å². The third kappa shape index (κ3) is 2.26. The highest BCUT2D eigenvalue weighted by Gasteiger charge is 2.16. The lowest BCUT2D eigenvalue weighted by molar-refractivity contribution is 0.457. The van der Waals surface area contributed by atoms with Gasteiger partial charge in [-0.05, 0) is 24.3 Å². The van der Waals surface area contributed by atoms with E-state index in [2.05, 4.69) is 10.2 Å². The molecule has 0 atom stereocenters. The quantitative estimate of drug-likeness (QED) is 0.572. The van der Waals surface area contributed by atoms with Gasteiger partial charge in [-0.3, -0.25) is 0 Å². The molecule has 6 nitrogen and oxygen atoms in total. The van der Waals surface area contributed by atoms with Crippen LogP contribution in [0.2, 0.25) is 0 Å². The van der Waals surface area contributed by atoms with Crippen molar-refractivity contribution in [3.05, 3.63) is 65.0 Å². The molecule has 0 fully saturated rings. The summed E-state index contributed by atoms with van der Waals surface area (Å²) in [7, 11) is 0. The molecule has 1 N–H and O–H groups in total. The van der Waals surface area contributed by atoms with Gasteiger partial charge in [0.05, 0.1) is 0 Å². The first kappa shape index (κ1) is 13.3. The molecule has 6 heteroatoms. The van der Waals surface area contributed by atoms with E-state index in [1.165, 1.54) is 6.07 Å². The summed E-state index contributed by atoms with van der Waals surface area (Å²) in [6, 6.07) is 15.6. The first-order valence-corrected chi connectivity index (χ1v) is 6.87. The van der Waals surface area contributed by atoms with Gasteiger partial charge in [-0.2, -0.15) is 0 Å². The van der Waals surface area contributed by atoms with Crippen molar-refractivity contribution < 1.29 is 13.9 Å². The van der Waals surface area contributed by atoms with Crippen LogP contribution in [0.5, 0.6) is 5.75 Å². The van der Waals surface area contributed by atoms with E-state index in [0.717, 1.165) is 5.56 Å². The molecule has 0 saturated heterocycles. The van der Waals surface area contributed by atoms with Gasteiger partial charge in [-0.25, -0.2) is 4.79 Å². The molecule has 0 unspecified atom stereocenters. The van der Waals surface area contributed by atoms with E-state index in [-0.39, 0.29) is 22.8 Å². The van der Waals surface area contributed by atoms with Gasteiger partial charge in [0.25, 0.3) is 5.89 Å². The number of fused-ring (bicyclic) bond motifs is 1. The minimum atomic E-state index is -0.651. The molecular weight excluding hydrogens is 296 g/mol. The van der Waals surface area contributed by atoms with Crippen LogP contribution in [0.1, 0.15) is 0 Å². The van der Waals surface area contributed by atoms with E-state index in [1.807, 2.05) is 30.3 Å². The molecule has 4 aromatic rings. The Morgan fingerprint density at radius 2 is 1.65 bits per heavy atom. The number of aromatic nitrogens is 2. The van der Waals surface area contributed by atoms with Crippen LogP contribution in [0.3, 0.4) is 0 Å². The van der Waals surface area contributed by atoms with Gasteiger partial charge in [0.1, 0.15) is 5.56 Å². The second-order valence-corrected chi connectivity index (χ2v) is 4.92. The van der Waals surface area contributed by atoms with Crippen LogP contribution in [-0.4, -0.2) is 15.3 Å². The van der Waals surface area contributed by atoms with Crippen LogP contribution in [-0.2, 0) is 0 Å². The van der Waals surface area contributed by atoms with E-state index >= 15 is 0 Å². The number of aromatic hydroxyl groups is 1. The molecule has 0 saturated carbocycles. The Hall–Kier alpha value is -3.41. The Kier molecular flexibility index (Phi) is 2.94. The van der Waals surface area contributed by atoms with Crippen molar-refractivity contribution in [2.45, 2.75) is 0 Å². The number of hydrogen-bond acceptors (Lipinski definition) is 6. The highest BCUT2D eigenvalue weighted by Crippen LogP contribution is 2.27. The Labute approximate surface area is 129 Å². The predicted molar refractivity (Wildman–Crippen MR) is 82.9 cm³/mol. The van der Waals surface area contributed by atoms with E-state index in [9.17, 15) is 9.90 Å². The maximum Gasteiger partial charge on any atom is 0.349 e. The second kappa shape index (κ2) is 5.10. The van der Waals surface area contributed by atoms with Crippen LogP contribution in [0.15, 0.2) is 68.2 Å². The van der Waals surface area contributed by atoms with E-state index in [0.29, 0.717) is 11.3 Å². The van der Waals surface area contributed by atoms with Crippen molar-refractivity contribution in [3.8, 4) is 28.7 Å². The zero-order chi connectivity index (χ0) is 15.8. The second-order valence-electron chi connectivity index (χ2n) is 4.92. The van der Waals surface area contributed by atoms with Gasteiger partial charge in [0.15, 0.2) is 11.3 Å². The van der Waals surface area contributed by atoms with Crippen molar-refractivity contribution >= 4 is 11.0 Å². The largest absolute Gasteiger partial charge is 0.504 e. The zero-order valence-corrected chi connectivity index (χ0v) is 11.8. The topological polar surface area (TPSA) is 89.4 Å². The summed E-state index contributed by atoms with van der Waals surface area (Å²) in [5.74, 6) is 0.292. The lowest BCUT2D eigenvalue weighted by Gasteiger charge is -2.00. The summed E-state index contributed by atoms with van der Waals surface area (Å²) in [4.78, 5) is 12.1. The fraction of sp³-hybridized carbons (Fsp3) is 0. The van der Waals surface area contributed by atoms with Gasteiger partial charge in [-0.1, -0.05) is 30.3 Å². The number of benzene rings is 2. The number of para-hydroxylation sites is 1. The van der Waals surface area contributed by atoms with E-state index in [4.69, 9.17) is 8.83 Å². The van der Waals surface area contributed by atoms with Crippen molar-refractivity contribution in [3.63, 3.8) is 0 Å². The predicted octanol–water partition coefficient (Wildman–Crippen LogP) is 3.22. The Morgan fingerprint density at radius 1 is 0.870 bits per heavy atom. The van der Waals surface area contributed by atoms with Crippen molar-refractivity contribution in [2.24, 2.45) is 0 Å². The Balaban J connectivity index is 1.85. The molecule has 0 aliphatic carbocycles. The first-order chi connectivity index (χ1) is 11.2. The third-order valence-electron chi connectivity index (χ3n) is 3.42. The minimum absolute atomic E-state index is 0.0721. The summed E-state index contributed by atoms with van der Waals surface area (Å²) in [6.45, 7) is 0. The standard InChI is InChI=1S/C17H10N2O4/c20-13-8-4-7-11-9-12(17(21)22-14(11)13)16-19-18-15(23-16)10-5-2-1-3-6-10/h1-9,20H. The molecule has 0 spiro atoms. The molecular formula is C17H10N2O4. The van der Waals surface area contributed by atoms with E-state index < -0.39 is 5.63 Å². The highest BCUT2D eigenvalue weighted by atomic mass is 16.4. The molecule has 2 heterocycles. The van der Waals surface area contributed by atoms with Crippen molar-refractivity contribution in [1.82, 2.24) is 10.2 Å². The molecule has 23 heavy (non-hydrogen) atoms. The molecule has 2 aromatic heterocycles. The number of hydrogen-bond donors (Lipinski definition) is 1. The van der Waals surface area contributed by atoms with Crippen molar-refractivity contribution in [2.75, 3.05) is 0 Å². The molecule has 0 amide bonds. The number of nitrogens with zero attached hydrogens (tertiary/aromatic N) is 2. The Bertz CT molecular complexity index is 1050. The maximum atomic E-state index is 12.1. The first-order valence-electron chi connectivity index (χ1n) is 6.87. The van der Waals surface area contributed by atoms with Gasteiger partial charge >= 0.3 is 5.63 Å². The van der Waals surface area contributed by atoms with Crippen molar-refractivity contribution in [1.29, 1.82) is 0 Å². The maximum absolute atomic E-state index is 12.1. The van der Waals surface area contributed by atoms with Crippen LogP contribution in [0.4, 0.5) is 0 Å². The third-order valence-corrected chi connectivity index (χ3v) is 3.42. The summed E-state index contributed by atoms with van der Waals surface area (Å²) in [5.41, 5.74) is 0.387. The van der Waals surface area contributed by atoms with Crippen LogP contribution in [0, 0.1) is 0 Å². The lowest BCUT2D eigenvalue weighted by Crippen LogP contribution is -2.02. The molecule has 4 rings (SSSR count). The summed E-state index contributed by atoms with van der Waals surface area (Å²) in [6.07, 6.45) is 0. The van der Waals surface area contributed by atoms with Gasteiger partial charge in [0, 0.05) is 10.9 Å². The minimum Gasteiger partial charge on any atom is -0.504 e. The SMILES string of the molecule is O=c1oc2c(O)cccc2cc1-c1nnc(-c2ccccc2)o1. The average Bonchev–Trinajstić information content (AvgIpc) is 3.06. The van der Waals surface area contributed by atoms with Gasteiger partial charge in [0.2, 0.25) is 5.89 Å². The summed E-state index contributed by atoms with van der Waals surface area (Å²) < 4.78 is 10.7. The number of phenols is 1. The number of phenolic OH excluding ortho intramolecular Hbond substituents is 1. The van der Waals surface area contributed by atoms with E-state index in [1.54, 1.807) is 18.2 Å². The molecule has 112 valence electrons. The normalized spacial score (nSPS) is 11.0. The average molecular weight is 306 g/mol. The number of rotatable bonds is 2. The zero-order valence-electron chi connectivity index (χ0n) is 11.8. The smallest absolute Gasteiger partial charge is 0.349 e. The molecule has 0 aliphatic rings. The summed E-state index contributed by atoms with van der Waals surface area (Å²) in [5, 5.41) is 18.2. The molecule has 0 aliphatic heterocycles. The highest BCUT2D eigenvalue weighted by molar-refractivity contribution is 5.84. The molecule has 0 bridgehead atoms. The van der Waals surface area contributed by atoms with Crippen LogP contribution >= 0.6 is 0 Å². The summed E-state index contributed by atoms with van der Waals surface area (Å²) >= 11 is 0. The fourth-order valence-electron chi connectivity index (χ4n) is 2.31.